The summed E-state index contributed by atoms with van der Waals surface area (Å²) in [6, 6.07) is 96.4. The number of benzene rings is 10. The van der Waals surface area contributed by atoms with Gasteiger partial charge in [-0.1, -0.05) is 267 Å². The molecule has 10 aromatic carbocycles. The molecule has 0 bridgehead atoms. The van der Waals surface area contributed by atoms with Crippen LogP contribution in [0.15, 0.2) is 290 Å². The van der Waals surface area contributed by atoms with Gasteiger partial charge in [-0.3, -0.25) is 0 Å². The van der Waals surface area contributed by atoms with E-state index in [0.717, 1.165) is 71.8 Å². The Labute approximate surface area is 557 Å². The largest absolute Gasteiger partial charge is 0.489 e. The first kappa shape index (κ1) is 66.0. The van der Waals surface area contributed by atoms with E-state index in [2.05, 4.69) is 134 Å². The highest BCUT2D eigenvalue weighted by Crippen LogP contribution is 2.39. The first-order chi connectivity index (χ1) is 46.5. The third-order valence-corrected chi connectivity index (χ3v) is 18.1. The van der Waals surface area contributed by atoms with Gasteiger partial charge in [0.25, 0.3) is 0 Å². The topological polar surface area (TPSA) is 102 Å². The van der Waals surface area contributed by atoms with Crippen molar-refractivity contribution in [2.75, 3.05) is 19.0 Å². The van der Waals surface area contributed by atoms with Gasteiger partial charge in [0.05, 0.1) is 65.6 Å². The smallest absolute Gasteiger partial charge is 0.187 e. The SMILES string of the molecule is Cc1ccc(-c2cccc(OCc3ccccc3)c2)cc1SC[C@@H]1OC(COCc2ccccc2)[C@@H](O[C@@H]2OC(COCc3ccccc3)[C@@H](OCc3ccccc3)[C@@H](OCc3ccccc3)C2OCc2ccccc2)[C@@H](OCc2ccccc2)C1OCc1ccccc1. The zero-order valence-corrected chi connectivity index (χ0v) is 53.9. The lowest BCUT2D eigenvalue weighted by atomic mass is 9.93. The average Bonchev–Trinajstić information content (AvgIpc) is 0.789. The predicted octanol–water partition coefficient (Wildman–Crippen LogP) is 16.6. The lowest BCUT2D eigenvalue weighted by Gasteiger charge is -2.50. The minimum atomic E-state index is -1.12. The van der Waals surface area contributed by atoms with E-state index in [-0.39, 0.29) is 46.2 Å². The molecule has 2 fully saturated rings. The molecule has 0 aliphatic carbocycles. The molecule has 2 saturated heterocycles. The maximum absolute atomic E-state index is 7.80. The van der Waals surface area contributed by atoms with Gasteiger partial charge in [-0.25, -0.2) is 0 Å². The molecule has 94 heavy (non-hydrogen) atoms. The number of aryl methyl sites for hydroxylation is 1. The van der Waals surface area contributed by atoms with Gasteiger partial charge in [-0.15, -0.1) is 11.8 Å². The maximum atomic E-state index is 7.80. The van der Waals surface area contributed by atoms with Crippen LogP contribution >= 0.6 is 11.8 Å². The molecular weight excluding hydrogens is 1190 g/mol. The molecule has 2 heterocycles. The van der Waals surface area contributed by atoms with Crippen LogP contribution in [0.25, 0.3) is 11.1 Å². The van der Waals surface area contributed by atoms with Crippen molar-refractivity contribution >= 4 is 11.8 Å². The molecule has 0 spiro atoms. The second-order valence-corrected chi connectivity index (χ2v) is 24.8. The first-order valence-electron chi connectivity index (χ1n) is 32.5. The van der Waals surface area contributed by atoms with Crippen LogP contribution in [0.3, 0.4) is 0 Å². The number of hydrogen-bond acceptors (Lipinski definition) is 12. The van der Waals surface area contributed by atoms with Crippen molar-refractivity contribution in [3.05, 3.63) is 335 Å². The summed E-state index contributed by atoms with van der Waals surface area (Å²) in [6.45, 7) is 4.85. The Morgan fingerprint density at radius 1 is 0.309 bits per heavy atom. The summed E-state index contributed by atoms with van der Waals surface area (Å²) in [6.07, 6.45) is -7.86. The fraction of sp³-hybridized carbons (Fsp3) is 0.268. The van der Waals surface area contributed by atoms with Gasteiger partial charge in [0, 0.05) is 10.6 Å². The van der Waals surface area contributed by atoms with Crippen LogP contribution in [0.5, 0.6) is 5.75 Å². The minimum Gasteiger partial charge on any atom is -0.489 e. The van der Waals surface area contributed by atoms with Gasteiger partial charge in [0.15, 0.2) is 6.29 Å². The summed E-state index contributed by atoms with van der Waals surface area (Å²) in [5, 5.41) is 0. The Hall–Kier alpha value is -8.05. The zero-order chi connectivity index (χ0) is 63.8. The van der Waals surface area contributed by atoms with Crippen molar-refractivity contribution in [3.63, 3.8) is 0 Å². The molecule has 482 valence electrons. The molecule has 11 nitrogen and oxygen atoms in total. The third-order valence-electron chi connectivity index (χ3n) is 16.8. The summed E-state index contributed by atoms with van der Waals surface area (Å²) in [5.41, 5.74) is 11.4. The lowest BCUT2D eigenvalue weighted by molar-refractivity contribution is -0.362. The number of hydrogen-bond donors (Lipinski definition) is 0. The molecular formula is C82H82O11S. The summed E-state index contributed by atoms with van der Waals surface area (Å²) in [5.74, 6) is 1.30. The van der Waals surface area contributed by atoms with Gasteiger partial charge < -0.3 is 52.1 Å². The monoisotopic (exact) mass is 1270 g/mol. The lowest BCUT2D eigenvalue weighted by Crippen LogP contribution is -2.66. The summed E-state index contributed by atoms with van der Waals surface area (Å²) < 4.78 is 79.0. The standard InChI is InChI=1S/C82H82O11S/c1-60-45-46-70(69-43-26-44-71(47-69)85-51-63-31-14-4-15-32-63)48-75(60)94-59-74-77(87-53-65-35-18-6-19-36-65)79(88-54-66-37-20-7-21-38-66)78(73(91-74)58-84-50-62-29-12-3-13-30-62)93-82-81(90-56-68-41-24-9-25-42-68)80(89-55-67-39-22-8-23-40-67)76(86-52-64-33-16-5-17-34-64)72(92-82)57-83-49-61-27-10-2-11-28-61/h2-48,72-74,76-82H,49-59H2,1H3/t72?,73?,74-,76+,77?,78+,79-,80+,81?,82-/m0/s1. The van der Waals surface area contributed by atoms with Crippen LogP contribution in [0.2, 0.25) is 0 Å². The third kappa shape index (κ3) is 19.1. The number of rotatable bonds is 32. The number of ether oxygens (including phenoxy) is 11. The van der Waals surface area contributed by atoms with E-state index in [1.807, 2.05) is 158 Å². The highest BCUT2D eigenvalue weighted by Gasteiger charge is 2.54. The molecule has 2 aliphatic rings. The molecule has 0 N–H and O–H groups in total. The van der Waals surface area contributed by atoms with Crippen molar-refractivity contribution in [2.45, 2.75) is 126 Å². The van der Waals surface area contributed by atoms with Crippen LogP contribution in [-0.4, -0.2) is 80.2 Å². The summed E-state index contributed by atoms with van der Waals surface area (Å²) >= 11 is 1.73. The maximum Gasteiger partial charge on any atom is 0.187 e. The first-order valence-corrected chi connectivity index (χ1v) is 33.5. The number of thioether (sulfide) groups is 1. The van der Waals surface area contributed by atoms with Crippen LogP contribution in [0.4, 0.5) is 0 Å². The van der Waals surface area contributed by atoms with Crippen LogP contribution in [0, 0.1) is 6.92 Å². The molecule has 10 atom stereocenters. The molecule has 2 aliphatic heterocycles. The normalized spacial score (nSPS) is 21.2. The van der Waals surface area contributed by atoms with Crippen molar-refractivity contribution in [1.29, 1.82) is 0 Å². The van der Waals surface area contributed by atoms with Gasteiger partial charge in [0.1, 0.15) is 61.2 Å². The van der Waals surface area contributed by atoms with Crippen molar-refractivity contribution in [2.24, 2.45) is 0 Å². The van der Waals surface area contributed by atoms with E-state index >= 15 is 0 Å². The van der Waals surface area contributed by atoms with E-state index in [1.54, 1.807) is 11.8 Å². The fourth-order valence-corrected chi connectivity index (χ4v) is 13.0. The molecule has 0 saturated carbocycles. The zero-order valence-electron chi connectivity index (χ0n) is 53.1. The van der Waals surface area contributed by atoms with E-state index in [4.69, 9.17) is 52.1 Å². The molecule has 4 unspecified atom stereocenters. The predicted molar refractivity (Wildman–Crippen MR) is 368 cm³/mol. The molecule has 0 radical (unpaired) electrons. The van der Waals surface area contributed by atoms with Crippen molar-refractivity contribution < 1.29 is 52.1 Å². The summed E-state index contributed by atoms with van der Waals surface area (Å²) in [7, 11) is 0. The van der Waals surface area contributed by atoms with Gasteiger partial charge in [-0.2, -0.15) is 0 Å². The Morgan fingerprint density at radius 3 is 1.12 bits per heavy atom. The van der Waals surface area contributed by atoms with E-state index in [1.165, 1.54) is 0 Å². The highest BCUT2D eigenvalue weighted by molar-refractivity contribution is 7.99. The molecule has 0 aromatic heterocycles. The molecule has 12 heteroatoms. The van der Waals surface area contributed by atoms with Crippen LogP contribution in [0.1, 0.15) is 50.1 Å². The van der Waals surface area contributed by atoms with Gasteiger partial charge in [-0.05, 0) is 86.3 Å². The quantitative estimate of drug-likeness (QED) is 0.0375. The minimum absolute atomic E-state index is 0.136. The summed E-state index contributed by atoms with van der Waals surface area (Å²) in [4.78, 5) is 1.11. The van der Waals surface area contributed by atoms with Crippen molar-refractivity contribution in [3.8, 4) is 16.9 Å². The highest BCUT2D eigenvalue weighted by atomic mass is 32.2. The Morgan fingerprint density at radius 2 is 0.670 bits per heavy atom. The van der Waals surface area contributed by atoms with Gasteiger partial charge in [0.2, 0.25) is 0 Å². The Kier molecular flexibility index (Phi) is 24.5. The average molecular weight is 1280 g/mol. The second-order valence-electron chi connectivity index (χ2n) is 23.8. The Balaban J connectivity index is 0.925. The molecule has 10 aromatic rings. The van der Waals surface area contributed by atoms with Crippen LogP contribution in [-0.2, 0) is 100 Å². The van der Waals surface area contributed by atoms with Gasteiger partial charge >= 0.3 is 0 Å². The van der Waals surface area contributed by atoms with E-state index in [0.29, 0.717) is 25.6 Å². The van der Waals surface area contributed by atoms with E-state index in [9.17, 15) is 0 Å². The fourth-order valence-electron chi connectivity index (χ4n) is 11.8. The molecule has 12 rings (SSSR count). The Bertz CT molecular complexity index is 3770. The van der Waals surface area contributed by atoms with E-state index < -0.39 is 61.2 Å². The second kappa shape index (κ2) is 34.9. The molecule has 0 amide bonds. The van der Waals surface area contributed by atoms with Crippen molar-refractivity contribution in [1.82, 2.24) is 0 Å². The van der Waals surface area contributed by atoms with Crippen LogP contribution < -0.4 is 4.74 Å².